The van der Waals surface area contributed by atoms with Crippen LogP contribution in [0.4, 0.5) is 5.69 Å². The minimum absolute atomic E-state index is 0.413. The van der Waals surface area contributed by atoms with Crippen molar-refractivity contribution >= 4 is 11.6 Å². The Morgan fingerprint density at radius 3 is 2.88 bits per heavy atom. The molecule has 0 radical (unpaired) electrons. The number of primary amides is 1. The molecule has 4 heteroatoms. The molecule has 0 aliphatic carbocycles. The first-order chi connectivity index (χ1) is 7.75. The summed E-state index contributed by atoms with van der Waals surface area (Å²) >= 11 is 0. The van der Waals surface area contributed by atoms with Gasteiger partial charge in [0.2, 0.25) is 5.91 Å². The minimum Gasteiger partial charge on any atom is -0.379 e. The van der Waals surface area contributed by atoms with E-state index in [2.05, 4.69) is 10.3 Å². The van der Waals surface area contributed by atoms with Crippen molar-refractivity contribution in [2.45, 2.75) is 6.54 Å². The summed E-state index contributed by atoms with van der Waals surface area (Å²) in [5, 5.41) is 3.20. The summed E-state index contributed by atoms with van der Waals surface area (Å²) in [6.45, 7) is 0.690. The van der Waals surface area contributed by atoms with E-state index in [0.717, 1.165) is 11.4 Å². The van der Waals surface area contributed by atoms with Crippen molar-refractivity contribution in [1.29, 1.82) is 0 Å². The van der Waals surface area contributed by atoms with Crippen molar-refractivity contribution in [2.24, 2.45) is 5.73 Å². The monoisotopic (exact) mass is 215 g/mol. The molecule has 0 spiro atoms. The topological polar surface area (TPSA) is 70.9 Å². The van der Waals surface area contributed by atoms with Crippen molar-refractivity contribution in [3.05, 3.63) is 53.9 Å². The van der Waals surface area contributed by atoms with Crippen molar-refractivity contribution in [3.63, 3.8) is 0 Å². The number of aromatic nitrogens is 1. The van der Waals surface area contributed by atoms with Crippen LogP contribution in [0.15, 0.2) is 42.6 Å². The molecule has 0 aliphatic rings. The Balaban J connectivity index is 2.04. The molecule has 0 unspecified atom stereocenters. The van der Waals surface area contributed by atoms with Gasteiger partial charge in [0.15, 0.2) is 0 Å². The van der Waals surface area contributed by atoms with Crippen LogP contribution in [0, 0.1) is 0 Å². The lowest BCUT2D eigenvalue weighted by molar-refractivity contribution is 0.100. The summed E-state index contributed by atoms with van der Waals surface area (Å²) in [5.41, 5.74) is 7.68. The summed E-state index contributed by atoms with van der Waals surface area (Å²) < 4.78 is 0. The quantitative estimate of drug-likeness (QED) is 0.726. The van der Waals surface area contributed by atoms with Crippen molar-refractivity contribution in [3.8, 4) is 0 Å². The first-order valence-electron chi connectivity index (χ1n) is 5.02. The predicted molar refractivity (Wildman–Crippen MR) is 63.1 cm³/mol. The molecule has 1 amide bonds. The third kappa shape index (κ3) is 2.42. The fourth-order valence-corrected chi connectivity index (χ4v) is 1.46. The van der Waals surface area contributed by atoms with Gasteiger partial charge < -0.3 is 16.0 Å². The third-order valence-electron chi connectivity index (χ3n) is 2.29. The van der Waals surface area contributed by atoms with E-state index in [1.54, 1.807) is 18.2 Å². The number of hydrogen-bond donors (Lipinski definition) is 3. The number of nitrogens with two attached hydrogens (primary N) is 1. The molecular formula is C12H13N3O. The van der Waals surface area contributed by atoms with Gasteiger partial charge in [-0.25, -0.2) is 0 Å². The van der Waals surface area contributed by atoms with Crippen LogP contribution >= 0.6 is 0 Å². The van der Waals surface area contributed by atoms with Gasteiger partial charge in [-0.05, 0) is 30.3 Å². The molecule has 1 aromatic heterocycles. The Kier molecular flexibility index (Phi) is 2.91. The van der Waals surface area contributed by atoms with E-state index < -0.39 is 5.91 Å². The minimum atomic E-state index is -0.413. The molecule has 16 heavy (non-hydrogen) atoms. The number of benzene rings is 1. The van der Waals surface area contributed by atoms with E-state index in [1.807, 2.05) is 24.4 Å². The second-order valence-electron chi connectivity index (χ2n) is 3.49. The predicted octanol–water partition coefficient (Wildman–Crippen LogP) is 1.73. The van der Waals surface area contributed by atoms with Gasteiger partial charge in [0, 0.05) is 23.1 Å². The van der Waals surface area contributed by atoms with Crippen LogP contribution in [-0.4, -0.2) is 10.9 Å². The maximum atomic E-state index is 11.0. The molecule has 0 atom stereocenters. The van der Waals surface area contributed by atoms with Gasteiger partial charge in [0.05, 0.1) is 6.54 Å². The highest BCUT2D eigenvalue weighted by molar-refractivity contribution is 5.93. The molecule has 2 aromatic rings. The summed E-state index contributed by atoms with van der Waals surface area (Å²) in [7, 11) is 0. The molecule has 1 aromatic carbocycles. The fourth-order valence-electron chi connectivity index (χ4n) is 1.46. The molecule has 0 fully saturated rings. The van der Waals surface area contributed by atoms with Crippen LogP contribution in [0.2, 0.25) is 0 Å². The fraction of sp³-hybridized carbons (Fsp3) is 0.0833. The molecule has 1 heterocycles. The van der Waals surface area contributed by atoms with Crippen molar-refractivity contribution in [1.82, 2.24) is 4.98 Å². The standard InChI is InChI=1S/C12H13N3O/c13-12(16)9-3-1-4-10(7-9)15-8-11-5-2-6-14-11/h1-7,14-15H,8H2,(H2,13,16). The number of rotatable bonds is 4. The average Bonchev–Trinajstić information content (AvgIpc) is 2.79. The van der Waals surface area contributed by atoms with Crippen molar-refractivity contribution in [2.75, 3.05) is 5.32 Å². The molecule has 4 nitrogen and oxygen atoms in total. The number of anilines is 1. The largest absolute Gasteiger partial charge is 0.379 e. The molecule has 2 rings (SSSR count). The van der Waals surface area contributed by atoms with Crippen LogP contribution in [0.5, 0.6) is 0 Å². The van der Waals surface area contributed by atoms with Gasteiger partial charge in [-0.3, -0.25) is 4.79 Å². The maximum absolute atomic E-state index is 11.0. The van der Waals surface area contributed by atoms with Gasteiger partial charge >= 0.3 is 0 Å². The van der Waals surface area contributed by atoms with Crippen molar-refractivity contribution < 1.29 is 4.79 Å². The van der Waals surface area contributed by atoms with Crippen LogP contribution in [-0.2, 0) is 6.54 Å². The summed E-state index contributed by atoms with van der Waals surface area (Å²) in [5.74, 6) is -0.413. The second kappa shape index (κ2) is 4.53. The maximum Gasteiger partial charge on any atom is 0.248 e. The second-order valence-corrected chi connectivity index (χ2v) is 3.49. The van der Waals surface area contributed by atoms with Crippen LogP contribution < -0.4 is 11.1 Å². The van der Waals surface area contributed by atoms with Crippen LogP contribution in [0.25, 0.3) is 0 Å². The third-order valence-corrected chi connectivity index (χ3v) is 2.29. The number of H-pyrrole nitrogens is 1. The van der Waals surface area contributed by atoms with E-state index in [9.17, 15) is 4.79 Å². The van der Waals surface area contributed by atoms with E-state index in [0.29, 0.717) is 12.1 Å². The molecule has 0 aliphatic heterocycles. The number of aromatic amines is 1. The smallest absolute Gasteiger partial charge is 0.248 e. The molecule has 0 bridgehead atoms. The highest BCUT2D eigenvalue weighted by Crippen LogP contribution is 2.11. The zero-order chi connectivity index (χ0) is 11.4. The molecule has 0 saturated heterocycles. The van der Waals surface area contributed by atoms with Gasteiger partial charge in [0.1, 0.15) is 0 Å². The van der Waals surface area contributed by atoms with Gasteiger partial charge in [-0.1, -0.05) is 6.07 Å². The van der Waals surface area contributed by atoms with Gasteiger partial charge in [-0.2, -0.15) is 0 Å². The first-order valence-corrected chi connectivity index (χ1v) is 5.02. The Morgan fingerprint density at radius 2 is 2.19 bits per heavy atom. The lowest BCUT2D eigenvalue weighted by Gasteiger charge is -2.05. The lowest BCUT2D eigenvalue weighted by atomic mass is 10.2. The Hall–Kier alpha value is -2.23. The van der Waals surface area contributed by atoms with E-state index in [-0.39, 0.29) is 0 Å². The van der Waals surface area contributed by atoms with E-state index in [4.69, 9.17) is 5.73 Å². The zero-order valence-corrected chi connectivity index (χ0v) is 8.73. The normalized spacial score (nSPS) is 10.0. The Bertz CT molecular complexity index is 477. The summed E-state index contributed by atoms with van der Waals surface area (Å²) in [6.07, 6.45) is 1.87. The number of carbonyl (C=O) groups is 1. The summed E-state index contributed by atoms with van der Waals surface area (Å²) in [6, 6.07) is 11.1. The number of nitrogens with one attached hydrogen (secondary N) is 2. The lowest BCUT2D eigenvalue weighted by Crippen LogP contribution is -2.11. The average molecular weight is 215 g/mol. The van der Waals surface area contributed by atoms with Gasteiger partial charge in [-0.15, -0.1) is 0 Å². The molecule has 82 valence electrons. The first kappa shape index (κ1) is 10.3. The molecule has 4 N–H and O–H groups in total. The van der Waals surface area contributed by atoms with E-state index >= 15 is 0 Å². The SMILES string of the molecule is NC(=O)c1cccc(NCc2ccc[nH]2)c1. The zero-order valence-electron chi connectivity index (χ0n) is 8.73. The van der Waals surface area contributed by atoms with Gasteiger partial charge in [0.25, 0.3) is 0 Å². The molecular weight excluding hydrogens is 202 g/mol. The Labute approximate surface area is 93.5 Å². The van der Waals surface area contributed by atoms with Crippen LogP contribution in [0.3, 0.4) is 0 Å². The highest BCUT2D eigenvalue weighted by Gasteiger charge is 2.00. The Morgan fingerprint density at radius 1 is 1.31 bits per heavy atom. The van der Waals surface area contributed by atoms with E-state index in [1.165, 1.54) is 0 Å². The number of carbonyl (C=O) groups excluding carboxylic acids is 1. The molecule has 0 saturated carbocycles. The highest BCUT2D eigenvalue weighted by atomic mass is 16.1. The van der Waals surface area contributed by atoms with Crippen LogP contribution in [0.1, 0.15) is 16.1 Å². The number of hydrogen-bond acceptors (Lipinski definition) is 2. The summed E-state index contributed by atoms with van der Waals surface area (Å²) in [4.78, 5) is 14.1. The number of amides is 1.